The third kappa shape index (κ3) is 2.04. The number of halogens is 3. The van der Waals surface area contributed by atoms with Crippen LogP contribution in [-0.2, 0) is 6.18 Å². The lowest BCUT2D eigenvalue weighted by Crippen LogP contribution is -2.04. The van der Waals surface area contributed by atoms with Gasteiger partial charge in [0.25, 0.3) is 0 Å². The molecule has 8 heteroatoms. The van der Waals surface area contributed by atoms with Crippen LogP contribution in [0.1, 0.15) is 5.56 Å². The van der Waals surface area contributed by atoms with E-state index in [9.17, 15) is 13.2 Å². The summed E-state index contributed by atoms with van der Waals surface area (Å²) in [5.74, 6) is 0.269. The molecule has 2 heterocycles. The van der Waals surface area contributed by atoms with Gasteiger partial charge in [0.1, 0.15) is 6.33 Å². The van der Waals surface area contributed by atoms with Crippen molar-refractivity contribution in [2.75, 3.05) is 5.73 Å². The highest BCUT2D eigenvalue weighted by Gasteiger charge is 2.32. The van der Waals surface area contributed by atoms with Gasteiger partial charge in [-0.3, -0.25) is 0 Å². The normalized spacial score (nSPS) is 11.9. The molecule has 0 amide bonds. The van der Waals surface area contributed by atoms with E-state index in [1.807, 2.05) is 0 Å². The molecule has 0 aliphatic rings. The van der Waals surface area contributed by atoms with Crippen LogP contribution >= 0.6 is 0 Å². The van der Waals surface area contributed by atoms with E-state index in [4.69, 9.17) is 5.73 Å². The van der Waals surface area contributed by atoms with E-state index in [-0.39, 0.29) is 5.82 Å². The van der Waals surface area contributed by atoms with Gasteiger partial charge in [0.2, 0.25) is 0 Å². The predicted molar refractivity (Wildman–Crippen MR) is 66.1 cm³/mol. The minimum absolute atomic E-state index is 0.269. The van der Waals surface area contributed by atoms with E-state index in [0.717, 1.165) is 17.1 Å². The zero-order valence-corrected chi connectivity index (χ0v) is 9.96. The first kappa shape index (κ1) is 12.4. The first-order valence-corrected chi connectivity index (χ1v) is 5.57. The molecule has 2 N–H and O–H groups in total. The van der Waals surface area contributed by atoms with Crippen molar-refractivity contribution in [2.24, 2.45) is 0 Å². The van der Waals surface area contributed by atoms with Crippen LogP contribution in [0.5, 0.6) is 0 Å². The van der Waals surface area contributed by atoms with E-state index in [2.05, 4.69) is 15.1 Å². The Morgan fingerprint density at radius 1 is 1.15 bits per heavy atom. The average Bonchev–Trinajstić information content (AvgIpc) is 2.87. The van der Waals surface area contributed by atoms with Crippen molar-refractivity contribution < 1.29 is 13.2 Å². The molecule has 0 bridgehead atoms. The number of alkyl halides is 3. The summed E-state index contributed by atoms with van der Waals surface area (Å²) in [4.78, 5) is 8.01. The lowest BCUT2D eigenvalue weighted by atomic mass is 10.2. The molecule has 3 rings (SSSR count). The van der Waals surface area contributed by atoms with Gasteiger partial charge >= 0.3 is 6.18 Å². The summed E-state index contributed by atoms with van der Waals surface area (Å²) in [7, 11) is 0. The maximum Gasteiger partial charge on any atom is 0.419 e. The van der Waals surface area contributed by atoms with Crippen LogP contribution in [0.2, 0.25) is 0 Å². The van der Waals surface area contributed by atoms with Gasteiger partial charge < -0.3 is 5.73 Å². The molecule has 0 atom stereocenters. The highest BCUT2D eigenvalue weighted by molar-refractivity contribution is 5.87. The molecule has 0 saturated carbocycles. The zero-order chi connectivity index (χ0) is 14.3. The average molecular weight is 279 g/mol. The Morgan fingerprint density at radius 3 is 2.65 bits per heavy atom. The molecular weight excluding hydrogens is 271 g/mol. The van der Waals surface area contributed by atoms with Crippen LogP contribution in [0.3, 0.4) is 0 Å². The summed E-state index contributed by atoms with van der Waals surface area (Å²) in [6, 6.07) is 4.90. The minimum atomic E-state index is -4.44. The van der Waals surface area contributed by atoms with Crippen molar-refractivity contribution in [2.45, 2.75) is 6.18 Å². The molecule has 0 spiro atoms. The van der Waals surface area contributed by atoms with Crippen LogP contribution in [-0.4, -0.2) is 19.7 Å². The second-order valence-corrected chi connectivity index (χ2v) is 4.15. The monoisotopic (exact) mass is 279 g/mol. The first-order chi connectivity index (χ1) is 9.45. The number of nitrogen functional groups attached to an aromatic ring is 1. The van der Waals surface area contributed by atoms with Crippen molar-refractivity contribution in [3.05, 3.63) is 42.5 Å². The van der Waals surface area contributed by atoms with Crippen LogP contribution < -0.4 is 5.73 Å². The number of nitrogens with two attached hydrogens (primary N) is 1. The van der Waals surface area contributed by atoms with Gasteiger partial charge in [-0.2, -0.15) is 18.3 Å². The summed E-state index contributed by atoms with van der Waals surface area (Å²) in [5, 5.41) is 4.27. The van der Waals surface area contributed by atoms with E-state index in [0.29, 0.717) is 16.6 Å². The Labute approximate surface area is 110 Å². The summed E-state index contributed by atoms with van der Waals surface area (Å²) in [6.07, 6.45) is -1.54. The highest BCUT2D eigenvalue weighted by Crippen LogP contribution is 2.29. The van der Waals surface area contributed by atoms with Crippen LogP contribution in [0.25, 0.3) is 16.7 Å². The van der Waals surface area contributed by atoms with Gasteiger partial charge in [0.05, 0.1) is 17.3 Å². The Balaban J connectivity index is 2.17. The van der Waals surface area contributed by atoms with Gasteiger partial charge in [-0.25, -0.2) is 14.6 Å². The number of rotatable bonds is 1. The molecular formula is C12H8F3N5. The number of aromatic nitrogens is 4. The van der Waals surface area contributed by atoms with Gasteiger partial charge in [-0.15, -0.1) is 0 Å². The van der Waals surface area contributed by atoms with Crippen LogP contribution in [0.15, 0.2) is 36.9 Å². The minimum Gasteiger partial charge on any atom is -0.399 e. The van der Waals surface area contributed by atoms with Crippen LogP contribution in [0, 0.1) is 0 Å². The van der Waals surface area contributed by atoms with Crippen molar-refractivity contribution >= 4 is 16.6 Å². The van der Waals surface area contributed by atoms with E-state index in [1.165, 1.54) is 6.33 Å². The quantitative estimate of drug-likeness (QED) is 0.694. The molecule has 1 aromatic carbocycles. The fraction of sp³-hybridized carbons (Fsp3) is 0.0833. The molecule has 0 saturated heterocycles. The van der Waals surface area contributed by atoms with Crippen molar-refractivity contribution in [3.8, 4) is 5.82 Å². The SMILES string of the molecule is Nc1ccc2c(-n3cc(C(F)(F)F)cn3)ncnc2c1. The number of hydrogen-bond acceptors (Lipinski definition) is 4. The Kier molecular flexibility index (Phi) is 2.60. The predicted octanol–water partition coefficient (Wildman–Crippen LogP) is 2.42. The number of hydrogen-bond donors (Lipinski definition) is 1. The summed E-state index contributed by atoms with van der Waals surface area (Å²) in [6.45, 7) is 0. The lowest BCUT2D eigenvalue weighted by Gasteiger charge is -2.05. The summed E-state index contributed by atoms with van der Waals surface area (Å²) >= 11 is 0. The second-order valence-electron chi connectivity index (χ2n) is 4.15. The Hall–Kier alpha value is -2.64. The molecule has 0 fully saturated rings. The molecule has 0 unspecified atom stereocenters. The molecule has 0 aliphatic carbocycles. The molecule has 5 nitrogen and oxygen atoms in total. The third-order valence-corrected chi connectivity index (χ3v) is 2.77. The van der Waals surface area contributed by atoms with E-state index >= 15 is 0 Å². The fourth-order valence-electron chi connectivity index (χ4n) is 1.83. The molecule has 3 aromatic rings. The largest absolute Gasteiger partial charge is 0.419 e. The zero-order valence-electron chi connectivity index (χ0n) is 9.96. The fourth-order valence-corrected chi connectivity index (χ4v) is 1.83. The van der Waals surface area contributed by atoms with Gasteiger partial charge in [0.15, 0.2) is 5.82 Å². The number of anilines is 1. The van der Waals surface area contributed by atoms with E-state index in [1.54, 1.807) is 18.2 Å². The number of benzene rings is 1. The van der Waals surface area contributed by atoms with Crippen molar-refractivity contribution in [3.63, 3.8) is 0 Å². The van der Waals surface area contributed by atoms with Gasteiger partial charge in [-0.05, 0) is 18.2 Å². The summed E-state index contributed by atoms with van der Waals surface area (Å²) in [5.41, 5.74) is 5.86. The lowest BCUT2D eigenvalue weighted by molar-refractivity contribution is -0.137. The molecule has 20 heavy (non-hydrogen) atoms. The molecule has 0 radical (unpaired) electrons. The van der Waals surface area contributed by atoms with Gasteiger partial charge in [-0.1, -0.05) is 0 Å². The summed E-state index contributed by atoms with van der Waals surface area (Å²) < 4.78 is 38.8. The smallest absolute Gasteiger partial charge is 0.399 e. The standard InChI is InChI=1S/C12H8F3N5/c13-12(14,15)7-4-19-20(5-7)11-9-2-1-8(16)3-10(9)17-6-18-11/h1-6H,16H2. The third-order valence-electron chi connectivity index (χ3n) is 2.77. The van der Waals surface area contributed by atoms with Gasteiger partial charge in [0, 0.05) is 17.3 Å². The number of nitrogens with zero attached hydrogens (tertiary/aromatic N) is 4. The second kappa shape index (κ2) is 4.19. The Bertz CT molecular complexity index is 778. The van der Waals surface area contributed by atoms with Crippen LogP contribution in [0.4, 0.5) is 18.9 Å². The van der Waals surface area contributed by atoms with Crippen molar-refractivity contribution in [1.82, 2.24) is 19.7 Å². The maximum atomic E-state index is 12.6. The van der Waals surface area contributed by atoms with E-state index < -0.39 is 11.7 Å². The van der Waals surface area contributed by atoms with Crippen molar-refractivity contribution in [1.29, 1.82) is 0 Å². The first-order valence-electron chi connectivity index (χ1n) is 5.57. The Morgan fingerprint density at radius 2 is 1.95 bits per heavy atom. The highest BCUT2D eigenvalue weighted by atomic mass is 19.4. The molecule has 0 aliphatic heterocycles. The maximum absolute atomic E-state index is 12.6. The molecule has 2 aromatic heterocycles. The number of fused-ring (bicyclic) bond motifs is 1. The topological polar surface area (TPSA) is 69.6 Å². The molecule has 102 valence electrons.